The van der Waals surface area contributed by atoms with Gasteiger partial charge < -0.3 is 9.47 Å². The number of methoxy groups -OCH3 is 2. The summed E-state index contributed by atoms with van der Waals surface area (Å²) in [5.74, 6) is 0.793. The molecular formula is C6H7N2O2. The second kappa shape index (κ2) is 3.00. The Balaban J connectivity index is 2.80. The van der Waals surface area contributed by atoms with E-state index >= 15 is 0 Å². The van der Waals surface area contributed by atoms with Gasteiger partial charge in [0.05, 0.1) is 20.3 Å². The van der Waals surface area contributed by atoms with Gasteiger partial charge in [0.15, 0.2) is 0 Å². The van der Waals surface area contributed by atoms with Gasteiger partial charge in [0.25, 0.3) is 0 Å². The van der Waals surface area contributed by atoms with Gasteiger partial charge in [-0.3, -0.25) is 0 Å². The number of ether oxygens (including phenoxy) is 2. The van der Waals surface area contributed by atoms with Crippen LogP contribution in [-0.4, -0.2) is 24.4 Å². The van der Waals surface area contributed by atoms with E-state index in [1.165, 1.54) is 14.2 Å². The van der Waals surface area contributed by atoms with Gasteiger partial charge in [-0.1, -0.05) is 0 Å². The molecule has 0 saturated carbocycles. The summed E-state index contributed by atoms with van der Waals surface area (Å²) in [5, 5.41) is 7.25. The Bertz CT molecular complexity index is 174. The van der Waals surface area contributed by atoms with Gasteiger partial charge in [-0.15, -0.1) is 10.2 Å². The van der Waals surface area contributed by atoms with E-state index in [2.05, 4.69) is 16.3 Å². The second-order valence-electron chi connectivity index (χ2n) is 1.54. The minimum Gasteiger partial charge on any atom is -0.480 e. The maximum atomic E-state index is 4.75. The number of aromatic nitrogens is 2. The van der Waals surface area contributed by atoms with E-state index < -0.39 is 0 Å². The molecule has 0 aromatic carbocycles. The molecule has 0 aliphatic rings. The second-order valence-corrected chi connectivity index (χ2v) is 1.54. The third kappa shape index (κ3) is 1.34. The topological polar surface area (TPSA) is 44.2 Å². The molecule has 0 aliphatic heterocycles. The van der Waals surface area contributed by atoms with Crippen LogP contribution >= 0.6 is 0 Å². The number of nitrogens with zero attached hydrogens (tertiary/aromatic N) is 2. The molecule has 1 aromatic heterocycles. The maximum Gasteiger partial charge on any atom is 0.241 e. The SMILES string of the molecule is COc1[c]cc(OC)nn1. The van der Waals surface area contributed by atoms with Crippen LogP contribution in [-0.2, 0) is 0 Å². The molecule has 0 amide bonds. The number of rotatable bonds is 2. The van der Waals surface area contributed by atoms with Gasteiger partial charge in [0.1, 0.15) is 0 Å². The van der Waals surface area contributed by atoms with Crippen molar-refractivity contribution in [2.45, 2.75) is 0 Å². The highest BCUT2D eigenvalue weighted by atomic mass is 16.5. The Morgan fingerprint density at radius 1 is 1.30 bits per heavy atom. The first-order chi connectivity index (χ1) is 4.86. The third-order valence-corrected chi connectivity index (χ3v) is 0.961. The smallest absolute Gasteiger partial charge is 0.241 e. The highest BCUT2D eigenvalue weighted by Crippen LogP contribution is 2.06. The summed E-state index contributed by atoms with van der Waals surface area (Å²) in [7, 11) is 3.03. The van der Waals surface area contributed by atoms with E-state index in [0.717, 1.165) is 0 Å². The molecular weight excluding hydrogens is 132 g/mol. The predicted molar refractivity (Wildman–Crippen MR) is 34.0 cm³/mol. The van der Waals surface area contributed by atoms with Crippen LogP contribution in [0.2, 0.25) is 0 Å². The first-order valence-electron chi connectivity index (χ1n) is 2.70. The summed E-state index contributed by atoms with van der Waals surface area (Å²) in [6.45, 7) is 0. The van der Waals surface area contributed by atoms with Crippen LogP contribution in [0.25, 0.3) is 0 Å². The van der Waals surface area contributed by atoms with E-state index in [1.807, 2.05) is 0 Å². The molecule has 0 atom stereocenters. The summed E-state index contributed by atoms with van der Waals surface area (Å²) in [5.41, 5.74) is 0. The summed E-state index contributed by atoms with van der Waals surface area (Å²) in [6, 6.07) is 4.28. The molecule has 1 rings (SSSR count). The first-order valence-corrected chi connectivity index (χ1v) is 2.70. The van der Waals surface area contributed by atoms with Crippen LogP contribution < -0.4 is 9.47 Å². The van der Waals surface area contributed by atoms with Crippen molar-refractivity contribution in [1.29, 1.82) is 0 Å². The fourth-order valence-electron chi connectivity index (χ4n) is 0.475. The molecule has 0 unspecified atom stereocenters. The lowest BCUT2D eigenvalue weighted by atomic mass is 10.5. The van der Waals surface area contributed by atoms with Gasteiger partial charge in [0.2, 0.25) is 11.8 Å². The molecule has 1 heterocycles. The molecule has 1 radical (unpaired) electrons. The molecule has 10 heavy (non-hydrogen) atoms. The molecule has 0 spiro atoms. The first kappa shape index (κ1) is 6.80. The van der Waals surface area contributed by atoms with Crippen LogP contribution in [0, 0.1) is 6.07 Å². The lowest BCUT2D eigenvalue weighted by molar-refractivity contribution is 0.366. The quantitative estimate of drug-likeness (QED) is 0.590. The summed E-state index contributed by atoms with van der Waals surface area (Å²) in [6.07, 6.45) is 0. The minimum absolute atomic E-state index is 0.362. The van der Waals surface area contributed by atoms with Crippen molar-refractivity contribution in [2.24, 2.45) is 0 Å². The zero-order valence-electron chi connectivity index (χ0n) is 5.79. The highest BCUT2D eigenvalue weighted by Gasteiger charge is 1.94. The lowest BCUT2D eigenvalue weighted by Gasteiger charge is -1.97. The molecule has 4 nitrogen and oxygen atoms in total. The number of hydrogen-bond donors (Lipinski definition) is 0. The molecule has 53 valence electrons. The molecule has 0 N–H and O–H groups in total. The van der Waals surface area contributed by atoms with Crippen molar-refractivity contribution >= 4 is 0 Å². The number of hydrogen-bond acceptors (Lipinski definition) is 4. The van der Waals surface area contributed by atoms with E-state index in [-0.39, 0.29) is 0 Å². The van der Waals surface area contributed by atoms with Crippen molar-refractivity contribution in [2.75, 3.05) is 14.2 Å². The summed E-state index contributed by atoms with van der Waals surface area (Å²) in [4.78, 5) is 0. The van der Waals surface area contributed by atoms with Crippen LogP contribution in [0.15, 0.2) is 6.07 Å². The van der Waals surface area contributed by atoms with Crippen LogP contribution in [0.5, 0.6) is 11.8 Å². The maximum absolute atomic E-state index is 4.75. The zero-order chi connectivity index (χ0) is 7.40. The van der Waals surface area contributed by atoms with Gasteiger partial charge >= 0.3 is 0 Å². The van der Waals surface area contributed by atoms with E-state index in [0.29, 0.717) is 11.8 Å². The van der Waals surface area contributed by atoms with Crippen molar-refractivity contribution < 1.29 is 9.47 Å². The van der Waals surface area contributed by atoms with Crippen molar-refractivity contribution in [3.05, 3.63) is 12.1 Å². The molecule has 0 fully saturated rings. The largest absolute Gasteiger partial charge is 0.480 e. The summed E-state index contributed by atoms with van der Waals surface area (Å²) >= 11 is 0. The Kier molecular flexibility index (Phi) is 2.04. The van der Waals surface area contributed by atoms with E-state index in [1.54, 1.807) is 6.07 Å². The molecule has 0 aliphatic carbocycles. The Labute approximate surface area is 58.8 Å². The average Bonchev–Trinajstić information content (AvgIpc) is 2.05. The van der Waals surface area contributed by atoms with Crippen molar-refractivity contribution in [3.8, 4) is 11.8 Å². The highest BCUT2D eigenvalue weighted by molar-refractivity contribution is 5.12. The Hall–Kier alpha value is -1.32. The fraction of sp³-hybridized carbons (Fsp3) is 0.333. The molecule has 1 aromatic rings. The third-order valence-electron chi connectivity index (χ3n) is 0.961. The van der Waals surface area contributed by atoms with Crippen molar-refractivity contribution in [1.82, 2.24) is 10.2 Å². The summed E-state index contributed by atoms with van der Waals surface area (Å²) < 4.78 is 9.48. The Morgan fingerprint density at radius 2 is 2.10 bits per heavy atom. The van der Waals surface area contributed by atoms with Crippen molar-refractivity contribution in [3.63, 3.8) is 0 Å². The predicted octanol–water partition coefficient (Wildman–Crippen LogP) is 0.294. The normalized spacial score (nSPS) is 9.00. The lowest BCUT2D eigenvalue weighted by Crippen LogP contribution is -1.93. The van der Waals surface area contributed by atoms with Gasteiger partial charge in [-0.05, 0) is 0 Å². The standard InChI is InChI=1S/C6H7N2O2/c1-9-5-3-4-6(10-2)8-7-5/h3H,1-2H3. The average molecular weight is 139 g/mol. The van der Waals surface area contributed by atoms with Gasteiger partial charge in [-0.25, -0.2) is 0 Å². The fourth-order valence-corrected chi connectivity index (χ4v) is 0.475. The van der Waals surface area contributed by atoms with E-state index in [4.69, 9.17) is 9.47 Å². The van der Waals surface area contributed by atoms with Crippen LogP contribution in [0.3, 0.4) is 0 Å². The molecule has 0 saturated heterocycles. The molecule has 4 heteroatoms. The zero-order valence-corrected chi connectivity index (χ0v) is 5.79. The Morgan fingerprint density at radius 3 is 2.50 bits per heavy atom. The monoisotopic (exact) mass is 139 g/mol. The molecule has 0 bridgehead atoms. The van der Waals surface area contributed by atoms with Crippen LogP contribution in [0.1, 0.15) is 0 Å². The van der Waals surface area contributed by atoms with Crippen LogP contribution in [0.4, 0.5) is 0 Å². The van der Waals surface area contributed by atoms with E-state index in [9.17, 15) is 0 Å². The minimum atomic E-state index is 0.362. The van der Waals surface area contributed by atoms with Gasteiger partial charge in [-0.2, -0.15) is 0 Å². The van der Waals surface area contributed by atoms with Gasteiger partial charge in [0, 0.05) is 6.07 Å².